The van der Waals surface area contributed by atoms with Gasteiger partial charge in [-0.05, 0) is 42.7 Å². The van der Waals surface area contributed by atoms with Gasteiger partial charge in [0.1, 0.15) is 5.75 Å². The van der Waals surface area contributed by atoms with Crippen molar-refractivity contribution >= 4 is 5.69 Å². The predicted octanol–water partition coefficient (Wildman–Crippen LogP) is 4.81. The number of benzene rings is 2. The van der Waals surface area contributed by atoms with Crippen molar-refractivity contribution < 1.29 is 17.9 Å². The summed E-state index contributed by atoms with van der Waals surface area (Å²) in [4.78, 5) is 0. The largest absolute Gasteiger partial charge is 0.573 e. The summed E-state index contributed by atoms with van der Waals surface area (Å²) >= 11 is 0. The van der Waals surface area contributed by atoms with Crippen molar-refractivity contribution in [3.63, 3.8) is 0 Å². The zero-order valence-corrected chi connectivity index (χ0v) is 11.8. The Hall–Kier alpha value is -2.17. The number of nitrogens with one attached hydrogen (secondary N) is 1. The third kappa shape index (κ3) is 4.70. The number of ether oxygens (including phenoxy) is 1. The van der Waals surface area contributed by atoms with Crippen molar-refractivity contribution in [1.82, 2.24) is 0 Å². The molecule has 2 nitrogen and oxygen atoms in total. The van der Waals surface area contributed by atoms with Gasteiger partial charge in [0.05, 0.1) is 0 Å². The Morgan fingerprint density at radius 1 is 1.00 bits per heavy atom. The summed E-state index contributed by atoms with van der Waals surface area (Å²) < 4.78 is 40.4. The molecule has 0 spiro atoms. The van der Waals surface area contributed by atoms with Gasteiger partial charge in [0.15, 0.2) is 0 Å². The van der Waals surface area contributed by atoms with Crippen LogP contribution in [-0.2, 0) is 6.54 Å². The first-order chi connectivity index (χ1) is 9.83. The molecule has 0 amide bonds. The fourth-order valence-corrected chi connectivity index (χ4v) is 1.92. The molecule has 5 heteroatoms. The molecule has 1 N–H and O–H groups in total. The molecule has 0 heterocycles. The normalized spacial score (nSPS) is 11.3. The van der Waals surface area contributed by atoms with Crippen molar-refractivity contribution in [1.29, 1.82) is 0 Å². The summed E-state index contributed by atoms with van der Waals surface area (Å²) in [7, 11) is 0. The number of anilines is 1. The molecule has 0 saturated heterocycles. The van der Waals surface area contributed by atoms with E-state index in [9.17, 15) is 13.2 Å². The average molecular weight is 295 g/mol. The molecule has 0 fully saturated rings. The van der Waals surface area contributed by atoms with Gasteiger partial charge in [-0.1, -0.05) is 24.3 Å². The maximum atomic E-state index is 12.2. The quantitative estimate of drug-likeness (QED) is 0.873. The first-order valence-corrected chi connectivity index (χ1v) is 6.49. The summed E-state index contributed by atoms with van der Waals surface area (Å²) in [6.45, 7) is 4.59. The molecule has 2 rings (SSSR count). The van der Waals surface area contributed by atoms with E-state index in [1.54, 1.807) is 6.07 Å². The van der Waals surface area contributed by atoms with E-state index in [1.165, 1.54) is 29.3 Å². The molecular formula is C16H16F3NO. The Kier molecular flexibility index (Phi) is 4.40. The maximum Gasteiger partial charge on any atom is 0.573 e. The second-order valence-electron chi connectivity index (χ2n) is 4.85. The molecule has 21 heavy (non-hydrogen) atoms. The van der Waals surface area contributed by atoms with Crippen LogP contribution in [0, 0.1) is 13.8 Å². The second kappa shape index (κ2) is 6.08. The smallest absolute Gasteiger partial charge is 0.406 e. The zero-order chi connectivity index (χ0) is 15.5. The van der Waals surface area contributed by atoms with E-state index in [0.29, 0.717) is 12.2 Å². The Morgan fingerprint density at radius 3 is 2.43 bits per heavy atom. The minimum atomic E-state index is -4.67. The van der Waals surface area contributed by atoms with Crippen LogP contribution < -0.4 is 10.1 Å². The highest BCUT2D eigenvalue weighted by atomic mass is 19.4. The van der Waals surface area contributed by atoms with Crippen molar-refractivity contribution in [3.05, 3.63) is 59.2 Å². The van der Waals surface area contributed by atoms with Crippen LogP contribution in [-0.4, -0.2) is 6.36 Å². The fourth-order valence-electron chi connectivity index (χ4n) is 1.92. The van der Waals surface area contributed by atoms with Crippen molar-refractivity contribution in [2.24, 2.45) is 0 Å². The number of aryl methyl sites for hydroxylation is 2. The highest BCUT2D eigenvalue weighted by Gasteiger charge is 2.31. The van der Waals surface area contributed by atoms with E-state index in [1.807, 2.05) is 26.0 Å². The predicted molar refractivity (Wildman–Crippen MR) is 76.4 cm³/mol. The van der Waals surface area contributed by atoms with Crippen LogP contribution in [0.15, 0.2) is 42.5 Å². The van der Waals surface area contributed by atoms with Crippen molar-refractivity contribution in [3.8, 4) is 5.75 Å². The third-order valence-electron chi connectivity index (χ3n) is 3.14. The number of alkyl halides is 3. The monoisotopic (exact) mass is 295 g/mol. The Morgan fingerprint density at radius 2 is 1.76 bits per heavy atom. The minimum absolute atomic E-state index is 0.229. The van der Waals surface area contributed by atoms with Gasteiger partial charge < -0.3 is 10.1 Å². The van der Waals surface area contributed by atoms with Gasteiger partial charge in [-0.25, -0.2) is 0 Å². The summed E-state index contributed by atoms with van der Waals surface area (Å²) in [5.41, 5.74) is 4.04. The lowest BCUT2D eigenvalue weighted by atomic mass is 10.1. The topological polar surface area (TPSA) is 21.3 Å². The van der Waals surface area contributed by atoms with Crippen LogP contribution >= 0.6 is 0 Å². The Labute approximate surface area is 121 Å². The number of hydrogen-bond acceptors (Lipinski definition) is 2. The molecule has 0 saturated carbocycles. The van der Waals surface area contributed by atoms with Gasteiger partial charge in [-0.2, -0.15) is 0 Å². The molecule has 112 valence electrons. The van der Waals surface area contributed by atoms with Gasteiger partial charge in [0, 0.05) is 18.3 Å². The molecular weight excluding hydrogens is 279 g/mol. The minimum Gasteiger partial charge on any atom is -0.406 e. The van der Waals surface area contributed by atoms with E-state index in [-0.39, 0.29) is 5.75 Å². The number of rotatable bonds is 4. The molecule has 0 bridgehead atoms. The van der Waals surface area contributed by atoms with Crippen molar-refractivity contribution in [2.45, 2.75) is 26.8 Å². The summed E-state index contributed by atoms with van der Waals surface area (Å²) in [6, 6.07) is 11.9. The standard InChI is InChI=1S/C16H16F3NO/c1-11-6-7-13(8-12(11)2)10-20-14-4-3-5-15(9-14)21-16(17,18)19/h3-9,20H,10H2,1-2H3. The Balaban J connectivity index is 2.03. The lowest BCUT2D eigenvalue weighted by Crippen LogP contribution is -2.17. The van der Waals surface area contributed by atoms with E-state index < -0.39 is 6.36 Å². The zero-order valence-electron chi connectivity index (χ0n) is 11.8. The lowest BCUT2D eigenvalue weighted by molar-refractivity contribution is -0.274. The van der Waals surface area contributed by atoms with Crippen LogP contribution in [0.1, 0.15) is 16.7 Å². The first-order valence-electron chi connectivity index (χ1n) is 6.49. The van der Waals surface area contributed by atoms with Crippen LogP contribution in [0.25, 0.3) is 0 Å². The highest BCUT2D eigenvalue weighted by Crippen LogP contribution is 2.25. The van der Waals surface area contributed by atoms with Gasteiger partial charge in [0.2, 0.25) is 0 Å². The number of hydrogen-bond donors (Lipinski definition) is 1. The van der Waals surface area contributed by atoms with Crippen LogP contribution in [0.5, 0.6) is 5.75 Å². The van der Waals surface area contributed by atoms with Gasteiger partial charge in [-0.3, -0.25) is 0 Å². The van der Waals surface area contributed by atoms with E-state index in [0.717, 1.165) is 5.56 Å². The number of halogens is 3. The third-order valence-corrected chi connectivity index (χ3v) is 3.14. The van der Waals surface area contributed by atoms with Crippen LogP contribution in [0.2, 0.25) is 0 Å². The summed E-state index contributed by atoms with van der Waals surface area (Å²) in [5, 5.41) is 3.09. The van der Waals surface area contributed by atoms with E-state index in [4.69, 9.17) is 0 Å². The highest BCUT2D eigenvalue weighted by molar-refractivity contribution is 5.48. The molecule has 0 aliphatic carbocycles. The fraction of sp³-hybridized carbons (Fsp3) is 0.250. The van der Waals surface area contributed by atoms with Crippen LogP contribution in [0.4, 0.5) is 18.9 Å². The molecule has 0 aromatic heterocycles. The second-order valence-corrected chi connectivity index (χ2v) is 4.85. The summed E-state index contributed by atoms with van der Waals surface area (Å²) in [5.74, 6) is -0.229. The lowest BCUT2D eigenvalue weighted by Gasteiger charge is -2.12. The summed E-state index contributed by atoms with van der Waals surface area (Å²) in [6.07, 6.45) is -4.67. The van der Waals surface area contributed by atoms with E-state index >= 15 is 0 Å². The van der Waals surface area contributed by atoms with Crippen LogP contribution in [0.3, 0.4) is 0 Å². The van der Waals surface area contributed by atoms with Gasteiger partial charge in [0.25, 0.3) is 0 Å². The molecule has 0 unspecified atom stereocenters. The van der Waals surface area contributed by atoms with Gasteiger partial charge >= 0.3 is 6.36 Å². The average Bonchev–Trinajstić information content (AvgIpc) is 2.39. The Bertz CT molecular complexity index is 623. The maximum absolute atomic E-state index is 12.2. The molecule has 2 aromatic rings. The van der Waals surface area contributed by atoms with E-state index in [2.05, 4.69) is 16.1 Å². The first kappa shape index (κ1) is 15.2. The molecule has 0 atom stereocenters. The van der Waals surface area contributed by atoms with Gasteiger partial charge in [-0.15, -0.1) is 13.2 Å². The molecule has 2 aromatic carbocycles. The molecule has 0 aliphatic rings. The molecule has 0 radical (unpaired) electrons. The van der Waals surface area contributed by atoms with Crippen molar-refractivity contribution in [2.75, 3.05) is 5.32 Å². The molecule has 0 aliphatic heterocycles. The SMILES string of the molecule is Cc1ccc(CNc2cccc(OC(F)(F)F)c2)cc1C.